The first-order valence-electron chi connectivity index (χ1n) is 7.22. The number of benzene rings is 1. The van der Waals surface area contributed by atoms with Crippen LogP contribution in [0.3, 0.4) is 0 Å². The van der Waals surface area contributed by atoms with Crippen molar-refractivity contribution in [1.82, 2.24) is 4.57 Å². The number of nitro benzene ring substituents is 1. The lowest BCUT2D eigenvalue weighted by atomic mass is 10.1. The van der Waals surface area contributed by atoms with E-state index in [0.717, 1.165) is 11.4 Å². The molecule has 2 aromatic rings. The summed E-state index contributed by atoms with van der Waals surface area (Å²) in [5.41, 5.74) is 2.25. The largest absolute Gasteiger partial charge is 0.484 e. The zero-order chi connectivity index (χ0) is 17.9. The van der Waals surface area contributed by atoms with Crippen molar-refractivity contribution in [1.29, 1.82) is 0 Å². The summed E-state index contributed by atoms with van der Waals surface area (Å²) >= 11 is 5.95. The third-order valence-electron chi connectivity index (χ3n) is 3.67. The van der Waals surface area contributed by atoms with Crippen LogP contribution in [-0.4, -0.2) is 21.9 Å². The molecule has 0 radical (unpaired) electrons. The number of hydrogen-bond donors (Lipinski definition) is 0. The molecule has 0 aliphatic carbocycles. The minimum atomic E-state index is -0.546. The van der Waals surface area contributed by atoms with Gasteiger partial charge in [0.1, 0.15) is 5.75 Å². The number of non-ortho nitro benzene ring substituents is 1. The van der Waals surface area contributed by atoms with Crippen LogP contribution in [0.4, 0.5) is 5.69 Å². The Morgan fingerprint density at radius 1 is 1.42 bits per heavy atom. The molecule has 0 fully saturated rings. The number of allylic oxidation sites excluding steroid dienone is 1. The van der Waals surface area contributed by atoms with Gasteiger partial charge in [-0.3, -0.25) is 14.9 Å². The number of hydrogen-bond acceptors (Lipinski definition) is 4. The number of ketones is 1. The van der Waals surface area contributed by atoms with Gasteiger partial charge in [-0.2, -0.15) is 0 Å². The molecule has 24 heavy (non-hydrogen) atoms. The SMILES string of the molecule is C=CCn1c(C)cc(C(=O)COc2ccc([N+](=O)[O-])cc2Cl)c1C. The van der Waals surface area contributed by atoms with E-state index in [1.807, 2.05) is 24.5 Å². The summed E-state index contributed by atoms with van der Waals surface area (Å²) in [6.07, 6.45) is 1.77. The van der Waals surface area contributed by atoms with Crippen molar-refractivity contribution in [3.05, 3.63) is 69.0 Å². The summed E-state index contributed by atoms with van der Waals surface area (Å²) < 4.78 is 7.40. The topological polar surface area (TPSA) is 74.4 Å². The number of nitro groups is 1. The van der Waals surface area contributed by atoms with Gasteiger partial charge in [0.05, 0.1) is 9.95 Å². The highest BCUT2D eigenvalue weighted by Gasteiger charge is 2.17. The first-order valence-corrected chi connectivity index (χ1v) is 7.60. The van der Waals surface area contributed by atoms with E-state index in [4.69, 9.17) is 16.3 Å². The van der Waals surface area contributed by atoms with Crippen LogP contribution >= 0.6 is 11.6 Å². The van der Waals surface area contributed by atoms with Crippen LogP contribution < -0.4 is 4.74 Å². The normalized spacial score (nSPS) is 10.5. The number of halogens is 1. The highest BCUT2D eigenvalue weighted by Crippen LogP contribution is 2.29. The number of ether oxygens (including phenoxy) is 1. The van der Waals surface area contributed by atoms with E-state index in [1.54, 1.807) is 6.08 Å². The average molecular weight is 349 g/mol. The van der Waals surface area contributed by atoms with E-state index in [0.29, 0.717) is 12.1 Å². The summed E-state index contributed by atoms with van der Waals surface area (Å²) in [5.74, 6) is 0.0448. The van der Waals surface area contributed by atoms with Gasteiger partial charge in [0, 0.05) is 35.6 Å². The fourth-order valence-electron chi connectivity index (χ4n) is 2.43. The van der Waals surface area contributed by atoms with Gasteiger partial charge in [-0.15, -0.1) is 6.58 Å². The number of nitrogens with zero attached hydrogens (tertiary/aromatic N) is 2. The van der Waals surface area contributed by atoms with Crippen molar-refractivity contribution in [3.63, 3.8) is 0 Å². The van der Waals surface area contributed by atoms with Gasteiger partial charge in [-0.25, -0.2) is 0 Å². The molecule has 0 saturated carbocycles. The molecule has 1 aromatic heterocycles. The molecule has 0 N–H and O–H groups in total. The van der Waals surface area contributed by atoms with Crippen molar-refractivity contribution in [3.8, 4) is 5.75 Å². The highest BCUT2D eigenvalue weighted by atomic mass is 35.5. The van der Waals surface area contributed by atoms with Gasteiger partial charge in [-0.1, -0.05) is 17.7 Å². The Morgan fingerprint density at radius 3 is 2.71 bits per heavy atom. The second kappa shape index (κ2) is 7.31. The smallest absolute Gasteiger partial charge is 0.271 e. The predicted molar refractivity (Wildman–Crippen MR) is 92.0 cm³/mol. The van der Waals surface area contributed by atoms with Gasteiger partial charge < -0.3 is 9.30 Å². The Hall–Kier alpha value is -2.60. The lowest BCUT2D eigenvalue weighted by Gasteiger charge is -2.08. The summed E-state index contributed by atoms with van der Waals surface area (Å²) in [6, 6.07) is 5.66. The monoisotopic (exact) mass is 348 g/mol. The molecule has 1 heterocycles. The molecule has 6 nitrogen and oxygen atoms in total. The van der Waals surface area contributed by atoms with Crippen LogP contribution in [0, 0.1) is 24.0 Å². The Balaban J connectivity index is 2.13. The molecule has 0 aliphatic heterocycles. The van der Waals surface area contributed by atoms with Gasteiger partial charge in [0.25, 0.3) is 5.69 Å². The first-order chi connectivity index (χ1) is 11.3. The summed E-state index contributed by atoms with van der Waals surface area (Å²) in [7, 11) is 0. The maximum absolute atomic E-state index is 12.4. The third-order valence-corrected chi connectivity index (χ3v) is 3.97. The van der Waals surface area contributed by atoms with E-state index >= 15 is 0 Å². The Bertz CT molecular complexity index is 811. The first kappa shape index (κ1) is 17.7. The molecular formula is C17H17ClN2O4. The highest BCUT2D eigenvalue weighted by molar-refractivity contribution is 6.32. The molecular weight excluding hydrogens is 332 g/mol. The van der Waals surface area contributed by atoms with E-state index in [1.165, 1.54) is 18.2 Å². The number of aryl methyl sites for hydroxylation is 1. The average Bonchev–Trinajstić information content (AvgIpc) is 2.82. The number of carbonyl (C=O) groups is 1. The van der Waals surface area contributed by atoms with E-state index in [-0.39, 0.29) is 28.8 Å². The lowest BCUT2D eigenvalue weighted by molar-refractivity contribution is -0.384. The van der Waals surface area contributed by atoms with Crippen molar-refractivity contribution in [2.45, 2.75) is 20.4 Å². The number of aromatic nitrogens is 1. The zero-order valence-electron chi connectivity index (χ0n) is 13.4. The quantitative estimate of drug-likeness (QED) is 0.326. The maximum atomic E-state index is 12.4. The van der Waals surface area contributed by atoms with Gasteiger partial charge in [-0.05, 0) is 26.0 Å². The fourth-order valence-corrected chi connectivity index (χ4v) is 2.66. The summed E-state index contributed by atoms with van der Waals surface area (Å²) in [5, 5.41) is 10.8. The van der Waals surface area contributed by atoms with E-state index in [9.17, 15) is 14.9 Å². The molecule has 0 bridgehead atoms. The van der Waals surface area contributed by atoms with Crippen LogP contribution in [0.5, 0.6) is 5.75 Å². The summed E-state index contributed by atoms with van der Waals surface area (Å²) in [4.78, 5) is 22.5. The van der Waals surface area contributed by atoms with Crippen LogP contribution in [0.15, 0.2) is 36.9 Å². The van der Waals surface area contributed by atoms with Crippen molar-refractivity contribution in [2.75, 3.05) is 6.61 Å². The van der Waals surface area contributed by atoms with Crippen LogP contribution in [-0.2, 0) is 6.54 Å². The summed E-state index contributed by atoms with van der Waals surface area (Å²) in [6.45, 7) is 7.91. The van der Waals surface area contributed by atoms with E-state index in [2.05, 4.69) is 6.58 Å². The molecule has 0 saturated heterocycles. The third kappa shape index (κ3) is 3.65. The van der Waals surface area contributed by atoms with Crippen LogP contribution in [0.2, 0.25) is 5.02 Å². The standard InChI is InChI=1S/C17H17ClN2O4/c1-4-7-19-11(2)8-14(12(19)3)16(21)10-24-17-6-5-13(20(22)23)9-15(17)18/h4-6,8-9H,1,7,10H2,2-3H3. The Morgan fingerprint density at radius 2 is 2.12 bits per heavy atom. The molecule has 0 spiro atoms. The van der Waals surface area contributed by atoms with Crippen molar-refractivity contribution < 1.29 is 14.5 Å². The fraction of sp³-hybridized carbons (Fsp3) is 0.235. The second-order valence-electron chi connectivity index (χ2n) is 5.27. The second-order valence-corrected chi connectivity index (χ2v) is 5.67. The van der Waals surface area contributed by atoms with Gasteiger partial charge in [0.15, 0.2) is 6.61 Å². The predicted octanol–water partition coefficient (Wildman–Crippen LogP) is 4.11. The molecule has 0 aliphatic rings. The molecule has 0 unspecified atom stereocenters. The van der Waals surface area contributed by atoms with Crippen molar-refractivity contribution >= 4 is 23.1 Å². The number of rotatable bonds is 7. The Kier molecular flexibility index (Phi) is 5.41. The van der Waals surface area contributed by atoms with Crippen LogP contribution in [0.25, 0.3) is 0 Å². The Labute approximate surface area is 144 Å². The molecule has 2 rings (SSSR count). The minimum Gasteiger partial charge on any atom is -0.484 e. The molecule has 0 atom stereocenters. The molecule has 126 valence electrons. The van der Waals surface area contributed by atoms with Gasteiger partial charge in [0.2, 0.25) is 5.78 Å². The lowest BCUT2D eigenvalue weighted by Crippen LogP contribution is -2.13. The minimum absolute atomic E-state index is 0.0918. The molecule has 1 aromatic carbocycles. The van der Waals surface area contributed by atoms with Crippen molar-refractivity contribution in [2.24, 2.45) is 0 Å². The maximum Gasteiger partial charge on any atom is 0.271 e. The van der Waals surface area contributed by atoms with E-state index < -0.39 is 4.92 Å². The molecule has 7 heteroatoms. The van der Waals surface area contributed by atoms with Gasteiger partial charge >= 0.3 is 0 Å². The number of carbonyl (C=O) groups excluding carboxylic acids is 1. The number of Topliss-reactive ketones (excluding diaryl/α,β-unsaturated/α-hetero) is 1. The zero-order valence-corrected chi connectivity index (χ0v) is 14.2. The van der Waals surface area contributed by atoms with Crippen LogP contribution in [0.1, 0.15) is 21.7 Å². The molecule has 0 amide bonds.